The standard InChI is InChI=1S/C20H12O8.CO2/c21-11-7-8-25-13-3-1-4-14(18(11)13)26-10-27-15-5-2-6-16-19(15)12(22)9-17(28-16)20(23)24;2-1-3/h1-9H,10H2,(H,23,24);. The molecular formula is C21H12O10. The van der Waals surface area contributed by atoms with Crippen LogP contribution in [0.15, 0.2) is 73.2 Å². The zero-order valence-corrected chi connectivity index (χ0v) is 15.5. The first-order valence-electron chi connectivity index (χ1n) is 8.52. The van der Waals surface area contributed by atoms with Crippen LogP contribution in [0.1, 0.15) is 10.6 Å². The van der Waals surface area contributed by atoms with Crippen LogP contribution < -0.4 is 20.3 Å². The van der Waals surface area contributed by atoms with E-state index in [4.69, 9.17) is 33.0 Å². The van der Waals surface area contributed by atoms with Gasteiger partial charge in [0.2, 0.25) is 12.6 Å². The minimum Gasteiger partial charge on any atom is -0.475 e. The maximum atomic E-state index is 12.3. The van der Waals surface area contributed by atoms with E-state index < -0.39 is 17.2 Å². The van der Waals surface area contributed by atoms with Crippen LogP contribution in [0.4, 0.5) is 0 Å². The van der Waals surface area contributed by atoms with E-state index in [0.717, 1.165) is 6.07 Å². The SMILES string of the molecule is O=C(O)c1cc(=O)c2c(OCOc3cccc4occc(=O)c34)cccc2o1.O=C=O. The van der Waals surface area contributed by atoms with Crippen LogP contribution >= 0.6 is 0 Å². The molecule has 0 atom stereocenters. The van der Waals surface area contributed by atoms with Gasteiger partial charge in [0.1, 0.15) is 33.4 Å². The molecule has 0 fully saturated rings. The highest BCUT2D eigenvalue weighted by Crippen LogP contribution is 2.25. The smallest absolute Gasteiger partial charge is 0.373 e. The van der Waals surface area contributed by atoms with Gasteiger partial charge in [0.15, 0.2) is 10.9 Å². The molecular weight excluding hydrogens is 412 g/mol. The topological polar surface area (TPSA) is 150 Å². The summed E-state index contributed by atoms with van der Waals surface area (Å²) in [6, 6.07) is 11.6. The highest BCUT2D eigenvalue weighted by Gasteiger charge is 2.14. The van der Waals surface area contributed by atoms with E-state index in [2.05, 4.69) is 0 Å². The van der Waals surface area contributed by atoms with Crippen molar-refractivity contribution in [3.63, 3.8) is 0 Å². The number of carboxylic acids is 1. The highest BCUT2D eigenvalue weighted by molar-refractivity contribution is 5.89. The number of carbonyl (C=O) groups is 1. The molecule has 0 saturated carbocycles. The molecule has 4 aromatic rings. The maximum absolute atomic E-state index is 12.3. The van der Waals surface area contributed by atoms with E-state index >= 15 is 0 Å². The molecule has 0 aliphatic carbocycles. The van der Waals surface area contributed by atoms with Gasteiger partial charge < -0.3 is 23.4 Å². The largest absolute Gasteiger partial charge is 0.475 e. The fraction of sp³-hybridized carbons (Fsp3) is 0.0476. The van der Waals surface area contributed by atoms with Crippen molar-refractivity contribution < 1.29 is 37.8 Å². The van der Waals surface area contributed by atoms with Crippen LogP contribution in [0.2, 0.25) is 0 Å². The Hall–Kier alpha value is -4.69. The summed E-state index contributed by atoms with van der Waals surface area (Å²) in [5, 5.41) is 9.36. The third-order valence-electron chi connectivity index (χ3n) is 4.00. The molecule has 2 aromatic heterocycles. The van der Waals surface area contributed by atoms with Crippen LogP contribution in [0, 0.1) is 0 Å². The van der Waals surface area contributed by atoms with E-state index in [9.17, 15) is 14.4 Å². The van der Waals surface area contributed by atoms with Gasteiger partial charge in [0.05, 0.1) is 6.26 Å². The van der Waals surface area contributed by atoms with E-state index in [1.165, 1.54) is 24.5 Å². The molecule has 0 spiro atoms. The number of carboxylic acid groups (broad SMARTS) is 1. The van der Waals surface area contributed by atoms with E-state index in [1.807, 2.05) is 0 Å². The molecule has 31 heavy (non-hydrogen) atoms. The summed E-state index contributed by atoms with van der Waals surface area (Å²) in [6.07, 6.45) is 1.55. The molecule has 4 rings (SSSR count). The number of fused-ring (bicyclic) bond motifs is 2. The lowest BCUT2D eigenvalue weighted by Crippen LogP contribution is -2.11. The highest BCUT2D eigenvalue weighted by atomic mass is 16.7. The number of rotatable bonds is 5. The number of hydrogen-bond donors (Lipinski definition) is 1. The summed E-state index contributed by atoms with van der Waals surface area (Å²) in [5.41, 5.74) is -0.367. The zero-order valence-electron chi connectivity index (χ0n) is 15.5. The normalized spacial score (nSPS) is 10.1. The Balaban J connectivity index is 0.000000858. The molecule has 0 aliphatic heterocycles. The van der Waals surface area contributed by atoms with Crippen molar-refractivity contribution in [1.82, 2.24) is 0 Å². The van der Waals surface area contributed by atoms with Gasteiger partial charge in [0, 0.05) is 12.1 Å². The van der Waals surface area contributed by atoms with Crippen LogP contribution in [0.25, 0.3) is 21.9 Å². The minimum absolute atomic E-state index is 0.0770. The first-order valence-corrected chi connectivity index (χ1v) is 8.52. The Kier molecular flexibility index (Phi) is 6.24. The summed E-state index contributed by atoms with van der Waals surface area (Å²) < 4.78 is 21.6. The Morgan fingerprint density at radius 2 is 1.48 bits per heavy atom. The molecule has 1 N–H and O–H groups in total. The van der Waals surface area contributed by atoms with Crippen molar-refractivity contribution in [3.8, 4) is 11.5 Å². The molecule has 0 amide bonds. The van der Waals surface area contributed by atoms with Gasteiger partial charge >= 0.3 is 12.1 Å². The third kappa shape index (κ3) is 4.50. The van der Waals surface area contributed by atoms with E-state index in [-0.39, 0.29) is 46.2 Å². The van der Waals surface area contributed by atoms with Crippen molar-refractivity contribution >= 4 is 34.1 Å². The Morgan fingerprint density at radius 1 is 0.903 bits per heavy atom. The quantitative estimate of drug-likeness (QED) is 0.473. The van der Waals surface area contributed by atoms with E-state index in [1.54, 1.807) is 24.3 Å². The summed E-state index contributed by atoms with van der Waals surface area (Å²) in [5.74, 6) is -1.38. The first kappa shape index (κ1) is 21.0. The van der Waals surface area contributed by atoms with Gasteiger partial charge in [-0.3, -0.25) is 9.59 Å². The summed E-state index contributed by atoms with van der Waals surface area (Å²) in [4.78, 5) is 51.6. The van der Waals surface area contributed by atoms with Crippen molar-refractivity contribution in [3.05, 3.63) is 81.0 Å². The monoisotopic (exact) mass is 424 g/mol. The third-order valence-corrected chi connectivity index (χ3v) is 4.00. The number of ether oxygens (including phenoxy) is 2. The summed E-state index contributed by atoms with van der Waals surface area (Å²) >= 11 is 0. The second kappa shape index (κ2) is 9.21. The second-order valence-corrected chi connectivity index (χ2v) is 5.81. The lowest BCUT2D eigenvalue weighted by atomic mass is 10.2. The predicted molar refractivity (Wildman–Crippen MR) is 103 cm³/mol. The molecule has 0 aliphatic rings. The average Bonchev–Trinajstić information content (AvgIpc) is 2.74. The van der Waals surface area contributed by atoms with Crippen LogP contribution in [0.3, 0.4) is 0 Å². The van der Waals surface area contributed by atoms with Gasteiger partial charge in [-0.05, 0) is 24.3 Å². The molecule has 0 unspecified atom stereocenters. The van der Waals surface area contributed by atoms with Crippen molar-refractivity contribution in [1.29, 1.82) is 0 Å². The molecule has 0 saturated heterocycles. The van der Waals surface area contributed by atoms with E-state index in [0.29, 0.717) is 5.58 Å². The Bertz CT molecular complexity index is 1400. The van der Waals surface area contributed by atoms with Crippen LogP contribution in [0.5, 0.6) is 11.5 Å². The lowest BCUT2D eigenvalue weighted by Gasteiger charge is -2.11. The Morgan fingerprint density at radius 3 is 2.10 bits per heavy atom. The van der Waals surface area contributed by atoms with Gasteiger partial charge in [-0.1, -0.05) is 12.1 Å². The van der Waals surface area contributed by atoms with Crippen molar-refractivity contribution in [2.24, 2.45) is 0 Å². The summed E-state index contributed by atoms with van der Waals surface area (Å²) in [6.45, 7) is -0.299. The second-order valence-electron chi connectivity index (χ2n) is 5.81. The molecule has 10 heteroatoms. The lowest BCUT2D eigenvalue weighted by molar-refractivity contribution is -0.191. The number of aromatic carboxylic acids is 1. The zero-order chi connectivity index (χ0) is 22.4. The predicted octanol–water partition coefficient (Wildman–Crippen LogP) is 2.43. The molecule has 2 aromatic carbocycles. The molecule has 156 valence electrons. The molecule has 2 heterocycles. The Labute approximate surface area is 171 Å². The molecule has 10 nitrogen and oxygen atoms in total. The minimum atomic E-state index is -1.34. The van der Waals surface area contributed by atoms with Gasteiger partial charge in [-0.2, -0.15) is 9.59 Å². The maximum Gasteiger partial charge on any atom is 0.373 e. The number of carbonyl (C=O) groups excluding carboxylic acids is 2. The first-order chi connectivity index (χ1) is 15.0. The van der Waals surface area contributed by atoms with Gasteiger partial charge in [0.25, 0.3) is 0 Å². The fourth-order valence-electron chi connectivity index (χ4n) is 2.78. The fourth-order valence-corrected chi connectivity index (χ4v) is 2.78. The molecule has 0 radical (unpaired) electrons. The molecule has 0 bridgehead atoms. The van der Waals surface area contributed by atoms with Gasteiger partial charge in [-0.15, -0.1) is 0 Å². The van der Waals surface area contributed by atoms with Gasteiger partial charge in [-0.25, -0.2) is 4.79 Å². The van der Waals surface area contributed by atoms with Crippen LogP contribution in [-0.4, -0.2) is 24.0 Å². The summed E-state index contributed by atoms with van der Waals surface area (Å²) in [7, 11) is 0. The van der Waals surface area contributed by atoms with Crippen LogP contribution in [-0.2, 0) is 9.59 Å². The number of benzene rings is 2. The average molecular weight is 424 g/mol. The van der Waals surface area contributed by atoms with Crippen molar-refractivity contribution in [2.75, 3.05) is 6.79 Å². The van der Waals surface area contributed by atoms with Crippen molar-refractivity contribution in [2.45, 2.75) is 0 Å². The number of hydrogen-bond acceptors (Lipinski definition) is 9.